The van der Waals surface area contributed by atoms with Crippen LogP contribution in [0.25, 0.3) is 0 Å². The summed E-state index contributed by atoms with van der Waals surface area (Å²) < 4.78 is 20.9. The van der Waals surface area contributed by atoms with E-state index in [9.17, 15) is 9.18 Å². The van der Waals surface area contributed by atoms with Crippen LogP contribution in [0.3, 0.4) is 0 Å². The van der Waals surface area contributed by atoms with Gasteiger partial charge in [0.1, 0.15) is 5.82 Å². The first kappa shape index (κ1) is 16.8. The molecule has 1 aromatic carbocycles. The van der Waals surface area contributed by atoms with E-state index < -0.39 is 5.82 Å². The van der Waals surface area contributed by atoms with Crippen LogP contribution in [0.4, 0.5) is 10.2 Å². The molecule has 1 N–H and O–H groups in total. The summed E-state index contributed by atoms with van der Waals surface area (Å²) in [5, 5.41) is 7.59. The first-order valence-electron chi connectivity index (χ1n) is 7.73. The average molecular weight is 352 g/mol. The zero-order valence-corrected chi connectivity index (χ0v) is 14.7. The minimum Gasteiger partial charge on any atom is -0.492 e. The highest BCUT2D eigenvalue weighted by Gasteiger charge is 2.34. The van der Waals surface area contributed by atoms with E-state index in [2.05, 4.69) is 10.4 Å². The summed E-state index contributed by atoms with van der Waals surface area (Å²) in [6, 6.07) is 3.04. The first-order valence-corrected chi connectivity index (χ1v) is 8.10. The van der Waals surface area contributed by atoms with Crippen LogP contribution >= 0.6 is 11.6 Å². The molecule has 5 nitrogen and oxygen atoms in total. The number of rotatable bonds is 3. The highest BCUT2D eigenvalue weighted by atomic mass is 35.5. The Morgan fingerprint density at radius 1 is 1.46 bits per heavy atom. The second-order valence-electron chi connectivity index (χ2n) is 6.25. The highest BCUT2D eigenvalue weighted by molar-refractivity contribution is 6.32. The molecule has 0 radical (unpaired) electrons. The molecule has 0 fully saturated rings. The molecule has 128 valence electrons. The maximum absolute atomic E-state index is 14.3. The van der Waals surface area contributed by atoms with Crippen LogP contribution in [0.5, 0.6) is 5.75 Å². The number of nitrogens with zero attached hydrogens (tertiary/aromatic N) is 2. The summed E-state index contributed by atoms with van der Waals surface area (Å²) in [5.74, 6) is -0.113. The van der Waals surface area contributed by atoms with Crippen molar-refractivity contribution in [2.24, 2.45) is 7.05 Å². The van der Waals surface area contributed by atoms with Crippen molar-refractivity contribution in [3.63, 3.8) is 0 Å². The van der Waals surface area contributed by atoms with Crippen molar-refractivity contribution in [3.8, 4) is 5.75 Å². The lowest BCUT2D eigenvalue weighted by Crippen LogP contribution is -2.25. The van der Waals surface area contributed by atoms with Crippen LogP contribution in [0.15, 0.2) is 12.1 Å². The summed E-state index contributed by atoms with van der Waals surface area (Å²) in [7, 11) is 3.16. The van der Waals surface area contributed by atoms with Crippen LogP contribution in [-0.2, 0) is 11.8 Å². The largest absolute Gasteiger partial charge is 0.492 e. The molecule has 1 atom stereocenters. The van der Waals surface area contributed by atoms with Gasteiger partial charge < -0.3 is 10.1 Å². The third-order valence-electron chi connectivity index (χ3n) is 4.28. The fourth-order valence-electron chi connectivity index (χ4n) is 3.21. The lowest BCUT2D eigenvalue weighted by atomic mass is 9.83. The van der Waals surface area contributed by atoms with Crippen LogP contribution in [0.1, 0.15) is 48.9 Å². The van der Waals surface area contributed by atoms with E-state index in [-0.39, 0.29) is 34.9 Å². The van der Waals surface area contributed by atoms with E-state index in [4.69, 9.17) is 16.3 Å². The molecule has 1 aromatic heterocycles. The molecule has 0 spiro atoms. The molecule has 3 rings (SSSR count). The number of nitrogens with one attached hydrogen (secondary N) is 1. The minimum absolute atomic E-state index is 0.0103. The number of carbonyl (C=O) groups is 1. The number of halogens is 2. The summed E-state index contributed by atoms with van der Waals surface area (Å²) >= 11 is 6.14. The van der Waals surface area contributed by atoms with E-state index in [1.807, 2.05) is 13.8 Å². The van der Waals surface area contributed by atoms with Gasteiger partial charge in [-0.2, -0.15) is 5.10 Å². The van der Waals surface area contributed by atoms with Gasteiger partial charge in [-0.1, -0.05) is 25.4 Å². The number of methoxy groups -OCH3 is 1. The Morgan fingerprint density at radius 2 is 2.17 bits per heavy atom. The number of amides is 1. The van der Waals surface area contributed by atoms with Crippen LogP contribution in [-0.4, -0.2) is 22.8 Å². The first-order chi connectivity index (χ1) is 11.3. The van der Waals surface area contributed by atoms with Gasteiger partial charge in [-0.15, -0.1) is 0 Å². The molecule has 0 aliphatic carbocycles. The molecular weight excluding hydrogens is 333 g/mol. The predicted molar refractivity (Wildman–Crippen MR) is 90.3 cm³/mol. The number of fused-ring (bicyclic) bond motifs is 1. The quantitative estimate of drug-likeness (QED) is 0.914. The van der Waals surface area contributed by atoms with Gasteiger partial charge in [-0.25, -0.2) is 4.39 Å². The number of hydrogen-bond acceptors (Lipinski definition) is 3. The smallest absolute Gasteiger partial charge is 0.226 e. The maximum Gasteiger partial charge on any atom is 0.226 e. The monoisotopic (exact) mass is 351 g/mol. The predicted octanol–water partition coefficient (Wildman–Crippen LogP) is 3.82. The lowest BCUT2D eigenvalue weighted by molar-refractivity contribution is -0.116. The zero-order chi connectivity index (χ0) is 17.6. The number of anilines is 1. The fraction of sp³-hybridized carbons (Fsp3) is 0.412. The molecule has 0 saturated heterocycles. The topological polar surface area (TPSA) is 56.1 Å². The maximum atomic E-state index is 14.3. The third-order valence-corrected chi connectivity index (χ3v) is 4.56. The van der Waals surface area contributed by atoms with Gasteiger partial charge in [0.2, 0.25) is 5.91 Å². The summed E-state index contributed by atoms with van der Waals surface area (Å²) in [4.78, 5) is 12.1. The molecule has 2 heterocycles. The van der Waals surface area contributed by atoms with E-state index in [0.717, 1.165) is 11.3 Å². The van der Waals surface area contributed by atoms with Crippen molar-refractivity contribution in [1.82, 2.24) is 9.78 Å². The molecule has 0 saturated carbocycles. The van der Waals surface area contributed by atoms with Crippen LogP contribution in [0, 0.1) is 5.82 Å². The van der Waals surface area contributed by atoms with Crippen molar-refractivity contribution in [2.45, 2.75) is 32.1 Å². The normalized spacial score (nSPS) is 17.0. The number of benzene rings is 1. The zero-order valence-electron chi connectivity index (χ0n) is 14.0. The summed E-state index contributed by atoms with van der Waals surface area (Å²) in [5.41, 5.74) is 2.46. The Labute approximate surface area is 144 Å². The van der Waals surface area contributed by atoms with Gasteiger partial charge in [0.25, 0.3) is 0 Å². The van der Waals surface area contributed by atoms with Gasteiger partial charge in [0.15, 0.2) is 11.6 Å². The fourth-order valence-corrected chi connectivity index (χ4v) is 3.50. The second kappa shape index (κ2) is 6.09. The number of ether oxygens (including phenoxy) is 1. The molecule has 0 bridgehead atoms. The van der Waals surface area contributed by atoms with Crippen LogP contribution < -0.4 is 10.1 Å². The molecule has 7 heteroatoms. The molecule has 1 amide bonds. The van der Waals surface area contributed by atoms with E-state index >= 15 is 0 Å². The number of aromatic nitrogens is 2. The minimum atomic E-state index is -0.539. The Morgan fingerprint density at radius 3 is 2.75 bits per heavy atom. The Bertz CT molecular complexity index is 793. The van der Waals surface area contributed by atoms with E-state index in [1.165, 1.54) is 13.2 Å². The average Bonchev–Trinajstić information content (AvgIpc) is 2.83. The summed E-state index contributed by atoms with van der Waals surface area (Å²) in [6.07, 6.45) is 0.223. The molecule has 24 heavy (non-hydrogen) atoms. The van der Waals surface area contributed by atoms with Crippen molar-refractivity contribution < 1.29 is 13.9 Å². The standard InChI is InChI=1S/C17H19ClFN3O2/c1-8(2)15-14-10(7-13(23)20-17(14)22(3)21-15)9-5-11(18)16(24-4)12(19)6-9/h5-6,8,10H,7H2,1-4H3,(H,20,23)/t10-/m0/s1. The molecule has 1 aliphatic heterocycles. The van der Waals surface area contributed by atoms with Crippen molar-refractivity contribution in [1.29, 1.82) is 0 Å². The number of carbonyl (C=O) groups excluding carboxylic acids is 1. The van der Waals surface area contributed by atoms with Gasteiger partial charge in [0, 0.05) is 24.9 Å². The van der Waals surface area contributed by atoms with Gasteiger partial charge >= 0.3 is 0 Å². The lowest BCUT2D eigenvalue weighted by Gasteiger charge is -2.25. The van der Waals surface area contributed by atoms with Gasteiger partial charge in [-0.3, -0.25) is 9.48 Å². The molecule has 0 unspecified atom stereocenters. The Kier molecular flexibility index (Phi) is 4.25. The SMILES string of the molecule is COc1c(F)cc([C@@H]2CC(=O)Nc3c2c(C(C)C)nn3C)cc1Cl. The van der Waals surface area contributed by atoms with Crippen LogP contribution in [0.2, 0.25) is 5.02 Å². The second-order valence-corrected chi connectivity index (χ2v) is 6.66. The molecule has 2 aromatic rings. The Hall–Kier alpha value is -2.08. The number of hydrogen-bond donors (Lipinski definition) is 1. The molecule has 1 aliphatic rings. The van der Waals surface area contributed by atoms with E-state index in [0.29, 0.717) is 11.4 Å². The number of aryl methyl sites for hydroxylation is 1. The molecular formula is C17H19ClFN3O2. The van der Waals surface area contributed by atoms with Gasteiger partial charge in [0.05, 0.1) is 17.8 Å². The highest BCUT2D eigenvalue weighted by Crippen LogP contribution is 2.43. The van der Waals surface area contributed by atoms with Crippen molar-refractivity contribution in [3.05, 3.63) is 39.8 Å². The Balaban J connectivity index is 2.19. The summed E-state index contributed by atoms with van der Waals surface area (Å²) in [6.45, 7) is 4.08. The van der Waals surface area contributed by atoms with Crippen molar-refractivity contribution >= 4 is 23.3 Å². The van der Waals surface area contributed by atoms with Gasteiger partial charge in [-0.05, 0) is 23.6 Å². The van der Waals surface area contributed by atoms with E-state index in [1.54, 1.807) is 17.8 Å². The third kappa shape index (κ3) is 2.65. The van der Waals surface area contributed by atoms with Crippen molar-refractivity contribution in [2.75, 3.05) is 12.4 Å².